The number of fused-ring (bicyclic) bond motifs is 3. The van der Waals surface area contributed by atoms with Crippen LogP contribution in [0.1, 0.15) is 56.2 Å². The van der Waals surface area contributed by atoms with Crippen LogP contribution in [0, 0.1) is 0 Å². The minimum atomic E-state index is 0.224. The topological polar surface area (TPSA) is 25.2 Å². The zero-order valence-electron chi connectivity index (χ0n) is 16.2. The molecule has 3 aromatic rings. The van der Waals surface area contributed by atoms with E-state index in [2.05, 4.69) is 29.2 Å². The Labute approximate surface area is 162 Å². The Kier molecular flexibility index (Phi) is 5.88. The van der Waals surface area contributed by atoms with E-state index < -0.39 is 0 Å². The predicted molar refractivity (Wildman–Crippen MR) is 113 cm³/mol. The fourth-order valence-corrected chi connectivity index (χ4v) is 4.45. The van der Waals surface area contributed by atoms with Gasteiger partial charge in [-0.15, -0.1) is 0 Å². The molecule has 0 amide bonds. The van der Waals surface area contributed by atoms with Gasteiger partial charge in [0.15, 0.2) is 0 Å². The van der Waals surface area contributed by atoms with Crippen molar-refractivity contribution in [2.75, 3.05) is 19.6 Å². The van der Waals surface area contributed by atoms with Crippen molar-refractivity contribution in [3.8, 4) is 0 Å². The molecule has 27 heavy (non-hydrogen) atoms. The van der Waals surface area contributed by atoms with E-state index in [0.29, 0.717) is 6.42 Å². The molecule has 2 aromatic carbocycles. The molecule has 0 unspecified atom stereocenters. The van der Waals surface area contributed by atoms with Gasteiger partial charge in [0.05, 0.1) is 11.0 Å². The van der Waals surface area contributed by atoms with Gasteiger partial charge in [-0.25, -0.2) is 0 Å². The van der Waals surface area contributed by atoms with Crippen LogP contribution >= 0.6 is 0 Å². The van der Waals surface area contributed by atoms with E-state index in [-0.39, 0.29) is 5.91 Å². The zero-order valence-corrected chi connectivity index (χ0v) is 16.2. The first-order valence-corrected chi connectivity index (χ1v) is 10.6. The van der Waals surface area contributed by atoms with Gasteiger partial charge in [0.25, 0.3) is 0 Å². The first-order valence-electron chi connectivity index (χ1n) is 10.6. The van der Waals surface area contributed by atoms with Crippen LogP contribution in [0.15, 0.2) is 48.5 Å². The van der Waals surface area contributed by atoms with Gasteiger partial charge in [0.1, 0.15) is 0 Å². The quantitative estimate of drug-likeness (QED) is 0.512. The summed E-state index contributed by atoms with van der Waals surface area (Å²) in [6, 6.07) is 16.5. The van der Waals surface area contributed by atoms with Crippen LogP contribution in [-0.2, 0) is 0 Å². The summed E-state index contributed by atoms with van der Waals surface area (Å²) in [4.78, 5) is 15.6. The van der Waals surface area contributed by atoms with Crippen LogP contribution in [0.5, 0.6) is 0 Å². The molecule has 0 N–H and O–H groups in total. The number of carbonyl (C=O) groups is 1. The molecule has 1 aromatic heterocycles. The molecule has 1 aliphatic rings. The second kappa shape index (κ2) is 8.71. The zero-order chi connectivity index (χ0) is 18.5. The van der Waals surface area contributed by atoms with Crippen molar-refractivity contribution in [2.24, 2.45) is 0 Å². The van der Waals surface area contributed by atoms with E-state index in [4.69, 9.17) is 0 Å². The molecule has 4 rings (SSSR count). The lowest BCUT2D eigenvalue weighted by atomic mass is 10.1. The standard InChI is InChI=1S/C24H30N2O/c27-24(16-4-3-11-19-25-17-9-1-2-10-18-25)26-22-14-7-5-12-20(22)21-13-6-8-15-23(21)26/h5-8,12-15H,1-4,9-11,16-19H2. The van der Waals surface area contributed by atoms with Crippen LogP contribution in [0.2, 0.25) is 0 Å². The normalized spacial score (nSPS) is 16.0. The Hall–Kier alpha value is -2.13. The number of likely N-dealkylation sites (tertiary alicyclic amines) is 1. The van der Waals surface area contributed by atoms with Crippen LogP contribution in [0.25, 0.3) is 21.8 Å². The molecule has 0 aliphatic carbocycles. The highest BCUT2D eigenvalue weighted by molar-refractivity contribution is 6.13. The van der Waals surface area contributed by atoms with Gasteiger partial charge < -0.3 is 4.90 Å². The van der Waals surface area contributed by atoms with Gasteiger partial charge in [-0.05, 0) is 57.5 Å². The number of carbonyl (C=O) groups excluding carboxylic acids is 1. The molecule has 0 atom stereocenters. The molecular formula is C24H30N2O. The van der Waals surface area contributed by atoms with Crippen molar-refractivity contribution in [3.05, 3.63) is 48.5 Å². The van der Waals surface area contributed by atoms with Gasteiger partial charge in [0.2, 0.25) is 5.91 Å². The van der Waals surface area contributed by atoms with Crippen molar-refractivity contribution in [1.29, 1.82) is 0 Å². The number of para-hydroxylation sites is 2. The van der Waals surface area contributed by atoms with Crippen LogP contribution in [0.4, 0.5) is 0 Å². The molecule has 1 saturated heterocycles. The highest BCUT2D eigenvalue weighted by atomic mass is 16.2. The Bertz CT molecular complexity index is 850. The number of benzene rings is 2. The summed E-state index contributed by atoms with van der Waals surface area (Å²) in [6.45, 7) is 3.73. The molecule has 3 nitrogen and oxygen atoms in total. The first kappa shape index (κ1) is 18.2. The molecule has 1 aliphatic heterocycles. The fourth-order valence-electron chi connectivity index (χ4n) is 4.45. The van der Waals surface area contributed by atoms with Crippen molar-refractivity contribution in [1.82, 2.24) is 9.47 Å². The maximum Gasteiger partial charge on any atom is 0.231 e. The lowest BCUT2D eigenvalue weighted by Crippen LogP contribution is -2.25. The summed E-state index contributed by atoms with van der Waals surface area (Å²) in [7, 11) is 0. The fraction of sp³-hybridized carbons (Fsp3) is 0.458. The van der Waals surface area contributed by atoms with E-state index in [1.807, 2.05) is 28.8 Å². The molecule has 0 radical (unpaired) electrons. The summed E-state index contributed by atoms with van der Waals surface area (Å²) in [6.07, 6.45) is 9.45. The molecule has 3 heteroatoms. The third-order valence-electron chi connectivity index (χ3n) is 5.89. The van der Waals surface area contributed by atoms with E-state index in [1.165, 1.54) is 62.5 Å². The Balaban J connectivity index is 1.37. The third-order valence-corrected chi connectivity index (χ3v) is 5.89. The largest absolute Gasteiger partial charge is 0.303 e. The van der Waals surface area contributed by atoms with E-state index in [9.17, 15) is 4.79 Å². The summed E-state index contributed by atoms with van der Waals surface area (Å²) in [5.74, 6) is 0.224. The lowest BCUT2D eigenvalue weighted by molar-refractivity contribution is 0.0909. The van der Waals surface area contributed by atoms with Gasteiger partial charge in [0, 0.05) is 17.2 Å². The van der Waals surface area contributed by atoms with Gasteiger partial charge in [-0.2, -0.15) is 0 Å². The third kappa shape index (κ3) is 4.08. The molecular weight excluding hydrogens is 332 g/mol. The number of rotatable bonds is 6. The van der Waals surface area contributed by atoms with Crippen molar-refractivity contribution >= 4 is 27.7 Å². The number of aromatic nitrogens is 1. The van der Waals surface area contributed by atoms with Crippen LogP contribution in [0.3, 0.4) is 0 Å². The summed E-state index contributed by atoms with van der Waals surface area (Å²) < 4.78 is 1.93. The van der Waals surface area contributed by atoms with E-state index in [0.717, 1.165) is 23.9 Å². The van der Waals surface area contributed by atoms with Crippen LogP contribution in [-0.4, -0.2) is 35.0 Å². The number of hydrogen-bond acceptors (Lipinski definition) is 2. The average Bonchev–Trinajstić information content (AvgIpc) is 2.83. The number of nitrogens with zero attached hydrogens (tertiary/aromatic N) is 2. The summed E-state index contributed by atoms with van der Waals surface area (Å²) in [5, 5.41) is 2.34. The monoisotopic (exact) mass is 362 g/mol. The van der Waals surface area contributed by atoms with Gasteiger partial charge in [-0.3, -0.25) is 9.36 Å². The smallest absolute Gasteiger partial charge is 0.231 e. The molecule has 0 spiro atoms. The Morgan fingerprint density at radius 2 is 1.33 bits per heavy atom. The maximum atomic E-state index is 13.0. The summed E-state index contributed by atoms with van der Waals surface area (Å²) in [5.41, 5.74) is 2.07. The Morgan fingerprint density at radius 1 is 0.741 bits per heavy atom. The maximum absolute atomic E-state index is 13.0. The summed E-state index contributed by atoms with van der Waals surface area (Å²) >= 11 is 0. The minimum Gasteiger partial charge on any atom is -0.303 e. The van der Waals surface area contributed by atoms with E-state index >= 15 is 0 Å². The highest BCUT2D eigenvalue weighted by Gasteiger charge is 2.15. The number of unbranched alkanes of at least 4 members (excludes halogenated alkanes) is 2. The second-order valence-corrected chi connectivity index (χ2v) is 7.83. The highest BCUT2D eigenvalue weighted by Crippen LogP contribution is 2.29. The van der Waals surface area contributed by atoms with Crippen LogP contribution < -0.4 is 0 Å². The Morgan fingerprint density at radius 3 is 1.96 bits per heavy atom. The lowest BCUT2D eigenvalue weighted by Gasteiger charge is -2.19. The number of hydrogen-bond donors (Lipinski definition) is 0. The SMILES string of the molecule is O=C(CCCCCN1CCCCCC1)n1c2ccccc2c2ccccc21. The second-order valence-electron chi connectivity index (χ2n) is 7.83. The van der Waals surface area contributed by atoms with Crippen molar-refractivity contribution in [3.63, 3.8) is 0 Å². The first-order chi connectivity index (χ1) is 13.3. The molecule has 1 fully saturated rings. The molecule has 142 valence electrons. The molecule has 0 bridgehead atoms. The molecule has 2 heterocycles. The molecule has 0 saturated carbocycles. The predicted octanol–water partition coefficient (Wildman–Crippen LogP) is 5.87. The van der Waals surface area contributed by atoms with Crippen molar-refractivity contribution < 1.29 is 4.79 Å². The van der Waals surface area contributed by atoms with Crippen molar-refractivity contribution in [2.45, 2.75) is 51.4 Å². The average molecular weight is 363 g/mol. The van der Waals surface area contributed by atoms with Gasteiger partial charge in [-0.1, -0.05) is 55.7 Å². The minimum absolute atomic E-state index is 0.224. The van der Waals surface area contributed by atoms with Gasteiger partial charge >= 0.3 is 0 Å². The van der Waals surface area contributed by atoms with E-state index in [1.54, 1.807) is 0 Å².